The molecular weight excluding hydrogens is 326 g/mol. The van der Waals surface area contributed by atoms with Crippen LogP contribution in [0.25, 0.3) is 10.9 Å². The Bertz CT molecular complexity index is 858. The van der Waals surface area contributed by atoms with Crippen molar-refractivity contribution in [2.75, 3.05) is 11.9 Å². The number of carbonyl (C=O) groups excluding carboxylic acids is 2. The van der Waals surface area contributed by atoms with E-state index in [4.69, 9.17) is 4.98 Å². The molecule has 1 aliphatic heterocycles. The van der Waals surface area contributed by atoms with E-state index in [9.17, 15) is 9.59 Å². The second-order valence-electron chi connectivity index (χ2n) is 7.69. The molecule has 138 valence electrons. The number of hydrogen-bond donors (Lipinski definition) is 1. The minimum Gasteiger partial charge on any atom is -0.339 e. The van der Waals surface area contributed by atoms with E-state index in [0.29, 0.717) is 6.54 Å². The van der Waals surface area contributed by atoms with E-state index in [1.807, 2.05) is 45.0 Å². The topological polar surface area (TPSA) is 62.3 Å². The Labute approximate surface area is 154 Å². The summed E-state index contributed by atoms with van der Waals surface area (Å²) in [7, 11) is 0. The lowest BCUT2D eigenvalue weighted by Gasteiger charge is -2.22. The quantitative estimate of drug-likeness (QED) is 0.908. The Hall–Kier alpha value is -2.43. The summed E-state index contributed by atoms with van der Waals surface area (Å²) in [6, 6.07) is 7.98. The number of likely N-dealkylation sites (tertiary alicyclic amines) is 1. The van der Waals surface area contributed by atoms with Crippen molar-refractivity contribution in [2.45, 2.75) is 53.0 Å². The van der Waals surface area contributed by atoms with Crippen LogP contribution >= 0.6 is 0 Å². The number of pyridine rings is 1. The van der Waals surface area contributed by atoms with Gasteiger partial charge in [0.15, 0.2) is 0 Å². The van der Waals surface area contributed by atoms with Crippen molar-refractivity contribution in [1.82, 2.24) is 9.88 Å². The molecule has 1 aromatic carbocycles. The van der Waals surface area contributed by atoms with Gasteiger partial charge in [0, 0.05) is 35.7 Å². The lowest BCUT2D eigenvalue weighted by molar-refractivity contribution is -0.129. The first kappa shape index (κ1) is 18.4. The minimum atomic E-state index is -0.308. The molecule has 1 fully saturated rings. The van der Waals surface area contributed by atoms with Crippen LogP contribution in [0, 0.1) is 12.8 Å². The average Bonchev–Trinajstić information content (AvgIpc) is 2.96. The summed E-state index contributed by atoms with van der Waals surface area (Å²) < 4.78 is 0. The van der Waals surface area contributed by atoms with Crippen LogP contribution in [0.2, 0.25) is 0 Å². The van der Waals surface area contributed by atoms with E-state index in [2.05, 4.69) is 19.2 Å². The van der Waals surface area contributed by atoms with Crippen LogP contribution in [0.3, 0.4) is 0 Å². The standard InChI is InChI=1S/C21H27N3O2/c1-12(2)19-14(5)22-17-9-7-6-8-16(17)20(19)23-21(26)15-10-18(25)24(11-15)13(3)4/h6-9,12-13,15H,10-11H2,1-5H3,(H,22,23,26). The van der Waals surface area contributed by atoms with Gasteiger partial charge in [-0.3, -0.25) is 14.6 Å². The molecule has 2 aromatic rings. The van der Waals surface area contributed by atoms with Crippen LogP contribution < -0.4 is 5.32 Å². The maximum Gasteiger partial charge on any atom is 0.229 e. The highest BCUT2D eigenvalue weighted by atomic mass is 16.2. The van der Waals surface area contributed by atoms with E-state index >= 15 is 0 Å². The van der Waals surface area contributed by atoms with Gasteiger partial charge in [0.05, 0.1) is 17.1 Å². The molecule has 1 saturated heterocycles. The van der Waals surface area contributed by atoms with Gasteiger partial charge in [-0.2, -0.15) is 0 Å². The van der Waals surface area contributed by atoms with Crippen molar-refractivity contribution in [3.63, 3.8) is 0 Å². The number of aromatic nitrogens is 1. The number of rotatable bonds is 4. The molecule has 1 aliphatic rings. The van der Waals surface area contributed by atoms with Crippen molar-refractivity contribution >= 4 is 28.4 Å². The van der Waals surface area contributed by atoms with Gasteiger partial charge in [0.1, 0.15) is 0 Å². The van der Waals surface area contributed by atoms with Crippen molar-refractivity contribution in [3.8, 4) is 0 Å². The summed E-state index contributed by atoms with van der Waals surface area (Å²) in [4.78, 5) is 31.6. The van der Waals surface area contributed by atoms with Crippen molar-refractivity contribution in [1.29, 1.82) is 0 Å². The number of fused-ring (bicyclic) bond motifs is 1. The molecule has 1 aromatic heterocycles. The molecule has 0 bridgehead atoms. The highest BCUT2D eigenvalue weighted by molar-refractivity contribution is 6.05. The van der Waals surface area contributed by atoms with Gasteiger partial charge in [-0.1, -0.05) is 32.0 Å². The normalized spacial score (nSPS) is 17.6. The maximum atomic E-state index is 12.9. The Kier molecular flexibility index (Phi) is 4.99. The predicted octanol–water partition coefficient (Wildman–Crippen LogP) is 3.86. The van der Waals surface area contributed by atoms with E-state index in [0.717, 1.165) is 27.8 Å². The average molecular weight is 353 g/mol. The van der Waals surface area contributed by atoms with Gasteiger partial charge in [0.25, 0.3) is 0 Å². The third kappa shape index (κ3) is 3.30. The van der Waals surface area contributed by atoms with E-state index in [1.54, 1.807) is 4.90 Å². The number of anilines is 1. The minimum absolute atomic E-state index is 0.0556. The number of para-hydroxylation sites is 1. The fourth-order valence-electron chi connectivity index (χ4n) is 3.82. The molecule has 1 atom stereocenters. The number of nitrogens with one attached hydrogen (secondary N) is 1. The van der Waals surface area contributed by atoms with E-state index < -0.39 is 0 Å². The second kappa shape index (κ2) is 7.06. The maximum absolute atomic E-state index is 12.9. The predicted molar refractivity (Wildman–Crippen MR) is 104 cm³/mol. The largest absolute Gasteiger partial charge is 0.339 e. The zero-order valence-corrected chi connectivity index (χ0v) is 16.2. The third-order valence-electron chi connectivity index (χ3n) is 5.10. The smallest absolute Gasteiger partial charge is 0.229 e. The third-order valence-corrected chi connectivity index (χ3v) is 5.10. The van der Waals surface area contributed by atoms with Crippen LogP contribution in [0.5, 0.6) is 0 Å². The molecule has 5 nitrogen and oxygen atoms in total. The van der Waals surface area contributed by atoms with Crippen molar-refractivity contribution in [2.24, 2.45) is 5.92 Å². The zero-order valence-electron chi connectivity index (χ0n) is 16.2. The number of nitrogens with zero attached hydrogens (tertiary/aromatic N) is 2. The summed E-state index contributed by atoms with van der Waals surface area (Å²) in [6.07, 6.45) is 0.281. The fourth-order valence-corrected chi connectivity index (χ4v) is 3.82. The first-order chi connectivity index (χ1) is 12.3. The number of amides is 2. The lowest BCUT2D eigenvalue weighted by Crippen LogP contribution is -2.33. The van der Waals surface area contributed by atoms with Gasteiger partial charge in [-0.25, -0.2) is 0 Å². The molecule has 1 N–H and O–H groups in total. The summed E-state index contributed by atoms with van der Waals surface area (Å²) in [5, 5.41) is 4.08. The number of hydrogen-bond acceptors (Lipinski definition) is 3. The summed E-state index contributed by atoms with van der Waals surface area (Å²) >= 11 is 0. The lowest BCUT2D eigenvalue weighted by atomic mass is 9.96. The first-order valence-electron chi connectivity index (χ1n) is 9.29. The Morgan fingerprint density at radius 3 is 2.54 bits per heavy atom. The zero-order chi connectivity index (χ0) is 19.0. The van der Waals surface area contributed by atoms with Crippen LogP contribution in [-0.4, -0.2) is 34.3 Å². The Morgan fingerprint density at radius 2 is 1.92 bits per heavy atom. The molecule has 0 aliphatic carbocycles. The molecule has 5 heteroatoms. The van der Waals surface area contributed by atoms with Gasteiger partial charge < -0.3 is 10.2 Å². The van der Waals surface area contributed by atoms with E-state index in [-0.39, 0.29) is 36.1 Å². The van der Waals surface area contributed by atoms with Crippen LogP contribution in [0.1, 0.15) is 51.3 Å². The number of benzene rings is 1. The SMILES string of the molecule is Cc1nc2ccccc2c(NC(=O)C2CC(=O)N(C(C)C)C2)c1C(C)C. The molecule has 2 heterocycles. The van der Waals surface area contributed by atoms with Crippen molar-refractivity contribution in [3.05, 3.63) is 35.5 Å². The molecule has 0 saturated carbocycles. The monoisotopic (exact) mass is 353 g/mol. The van der Waals surface area contributed by atoms with Crippen LogP contribution in [-0.2, 0) is 9.59 Å². The summed E-state index contributed by atoms with van der Waals surface area (Å²) in [6.45, 7) is 10.6. The molecule has 2 amide bonds. The second-order valence-corrected chi connectivity index (χ2v) is 7.69. The Morgan fingerprint density at radius 1 is 1.23 bits per heavy atom. The van der Waals surface area contributed by atoms with E-state index in [1.165, 1.54) is 0 Å². The number of aryl methyl sites for hydroxylation is 1. The van der Waals surface area contributed by atoms with Gasteiger partial charge in [-0.15, -0.1) is 0 Å². The van der Waals surface area contributed by atoms with Gasteiger partial charge in [0.2, 0.25) is 11.8 Å². The molecule has 1 unspecified atom stereocenters. The molecular formula is C21H27N3O2. The summed E-state index contributed by atoms with van der Waals surface area (Å²) in [5.41, 5.74) is 3.70. The highest BCUT2D eigenvalue weighted by Crippen LogP contribution is 2.34. The first-order valence-corrected chi connectivity index (χ1v) is 9.29. The number of carbonyl (C=O) groups is 2. The van der Waals surface area contributed by atoms with Crippen LogP contribution in [0.4, 0.5) is 5.69 Å². The molecule has 26 heavy (non-hydrogen) atoms. The fraction of sp³-hybridized carbons (Fsp3) is 0.476. The van der Waals surface area contributed by atoms with Crippen LogP contribution in [0.15, 0.2) is 24.3 Å². The van der Waals surface area contributed by atoms with Gasteiger partial charge in [-0.05, 0) is 32.8 Å². The summed E-state index contributed by atoms with van der Waals surface area (Å²) in [5.74, 6) is -0.101. The highest BCUT2D eigenvalue weighted by Gasteiger charge is 2.36. The molecule has 0 spiro atoms. The molecule has 0 radical (unpaired) electrons. The Balaban J connectivity index is 1.97. The molecule has 3 rings (SSSR count). The van der Waals surface area contributed by atoms with Gasteiger partial charge >= 0.3 is 0 Å². The van der Waals surface area contributed by atoms with Crippen molar-refractivity contribution < 1.29 is 9.59 Å².